The quantitative estimate of drug-likeness (QED) is 0.929. The van der Waals surface area contributed by atoms with E-state index >= 15 is 0 Å². The molecule has 0 saturated carbocycles. The summed E-state index contributed by atoms with van der Waals surface area (Å²) in [5, 5.41) is 9.44. The highest BCUT2D eigenvalue weighted by atomic mass is 19.4. The van der Waals surface area contributed by atoms with Crippen LogP contribution >= 0.6 is 0 Å². The largest absolute Gasteiger partial charge is 0.481 e. The van der Waals surface area contributed by atoms with Gasteiger partial charge in [-0.3, -0.25) is 4.79 Å². The molecule has 2 heterocycles. The molecule has 5 nitrogen and oxygen atoms in total. The van der Waals surface area contributed by atoms with Crippen LogP contribution in [0, 0.1) is 11.3 Å². The van der Waals surface area contributed by atoms with E-state index in [9.17, 15) is 23.1 Å². The SMILES string of the molecule is CC(C)C1(C(=O)O)CCN(c2nccc(C(F)(F)F)n2)C1. The number of rotatable bonds is 3. The zero-order chi connectivity index (χ0) is 15.8. The van der Waals surface area contributed by atoms with Crippen LogP contribution in [0.5, 0.6) is 0 Å². The van der Waals surface area contributed by atoms with Gasteiger partial charge < -0.3 is 10.0 Å². The third-order valence-electron chi connectivity index (χ3n) is 4.05. The molecule has 1 N–H and O–H groups in total. The molecule has 1 unspecified atom stereocenters. The molecule has 1 aliphatic rings. The lowest BCUT2D eigenvalue weighted by Gasteiger charge is -2.28. The molecule has 0 aliphatic carbocycles. The smallest absolute Gasteiger partial charge is 0.433 e. The van der Waals surface area contributed by atoms with Crippen molar-refractivity contribution in [1.82, 2.24) is 9.97 Å². The topological polar surface area (TPSA) is 66.3 Å². The van der Waals surface area contributed by atoms with E-state index in [0.29, 0.717) is 13.0 Å². The molecule has 2 rings (SSSR count). The van der Waals surface area contributed by atoms with Crippen molar-refractivity contribution < 1.29 is 23.1 Å². The maximum absolute atomic E-state index is 12.7. The van der Waals surface area contributed by atoms with Crippen LogP contribution in [0.4, 0.5) is 19.1 Å². The van der Waals surface area contributed by atoms with E-state index in [2.05, 4.69) is 9.97 Å². The first-order chi connectivity index (χ1) is 9.67. The van der Waals surface area contributed by atoms with Gasteiger partial charge in [0, 0.05) is 19.3 Å². The lowest BCUT2D eigenvalue weighted by atomic mass is 9.76. The summed E-state index contributed by atoms with van der Waals surface area (Å²) in [6.07, 6.45) is -3.14. The van der Waals surface area contributed by atoms with Crippen LogP contribution in [0.1, 0.15) is 26.0 Å². The van der Waals surface area contributed by atoms with E-state index in [1.54, 1.807) is 13.8 Å². The van der Waals surface area contributed by atoms with E-state index in [1.165, 1.54) is 4.90 Å². The fourth-order valence-corrected chi connectivity index (χ4v) is 2.56. The molecule has 0 bridgehead atoms. The Morgan fingerprint density at radius 2 is 2.14 bits per heavy atom. The molecule has 8 heteroatoms. The van der Waals surface area contributed by atoms with Gasteiger partial charge >= 0.3 is 12.1 Å². The molecule has 1 saturated heterocycles. The number of hydrogen-bond donors (Lipinski definition) is 1. The minimum atomic E-state index is -4.54. The van der Waals surface area contributed by atoms with Crippen molar-refractivity contribution in [3.63, 3.8) is 0 Å². The number of aromatic nitrogens is 2. The molecule has 1 aliphatic heterocycles. The zero-order valence-electron chi connectivity index (χ0n) is 11.7. The van der Waals surface area contributed by atoms with Crippen molar-refractivity contribution in [1.29, 1.82) is 0 Å². The van der Waals surface area contributed by atoms with E-state index in [4.69, 9.17) is 0 Å². The molecule has 1 atom stereocenters. The summed E-state index contributed by atoms with van der Waals surface area (Å²) in [6.45, 7) is 4.03. The van der Waals surface area contributed by atoms with E-state index < -0.39 is 23.3 Å². The summed E-state index contributed by atoms with van der Waals surface area (Å²) in [5.41, 5.74) is -2.00. The fraction of sp³-hybridized carbons (Fsp3) is 0.615. The Balaban J connectivity index is 2.28. The second-order valence-electron chi connectivity index (χ2n) is 5.53. The molecular weight excluding hydrogens is 287 g/mol. The third-order valence-corrected chi connectivity index (χ3v) is 4.05. The molecule has 0 spiro atoms. The Morgan fingerprint density at radius 3 is 2.62 bits per heavy atom. The Labute approximate surface area is 119 Å². The predicted molar refractivity (Wildman–Crippen MR) is 68.8 cm³/mol. The molecule has 0 aromatic carbocycles. The lowest BCUT2D eigenvalue weighted by molar-refractivity contribution is -0.150. The van der Waals surface area contributed by atoms with Crippen LogP contribution in [0.2, 0.25) is 0 Å². The van der Waals surface area contributed by atoms with E-state index in [0.717, 1.165) is 12.3 Å². The Bertz CT molecular complexity index is 548. The van der Waals surface area contributed by atoms with Gasteiger partial charge in [0.1, 0.15) is 5.69 Å². The summed E-state index contributed by atoms with van der Waals surface area (Å²) in [6, 6.07) is 0.798. The summed E-state index contributed by atoms with van der Waals surface area (Å²) in [5.74, 6) is -1.15. The number of aliphatic carboxylic acids is 1. The van der Waals surface area contributed by atoms with E-state index in [1.807, 2.05) is 0 Å². The van der Waals surface area contributed by atoms with Crippen molar-refractivity contribution >= 4 is 11.9 Å². The van der Waals surface area contributed by atoms with E-state index in [-0.39, 0.29) is 18.4 Å². The van der Waals surface area contributed by atoms with Gasteiger partial charge in [-0.2, -0.15) is 13.2 Å². The Hall–Kier alpha value is -1.86. The van der Waals surface area contributed by atoms with Crippen LogP contribution in [-0.2, 0) is 11.0 Å². The predicted octanol–water partition coefficient (Wildman–Crippen LogP) is 2.43. The molecule has 21 heavy (non-hydrogen) atoms. The highest BCUT2D eigenvalue weighted by Crippen LogP contribution is 2.39. The number of anilines is 1. The van der Waals surface area contributed by atoms with Gasteiger partial charge in [0.15, 0.2) is 0 Å². The van der Waals surface area contributed by atoms with Gasteiger partial charge in [0.05, 0.1) is 5.41 Å². The van der Waals surface area contributed by atoms with Crippen LogP contribution in [0.15, 0.2) is 12.3 Å². The van der Waals surface area contributed by atoms with Crippen LogP contribution in [-0.4, -0.2) is 34.1 Å². The molecule has 1 aromatic heterocycles. The first-order valence-electron chi connectivity index (χ1n) is 6.55. The Morgan fingerprint density at radius 1 is 1.48 bits per heavy atom. The zero-order valence-corrected chi connectivity index (χ0v) is 11.7. The first kappa shape index (κ1) is 15.5. The molecule has 0 radical (unpaired) electrons. The van der Waals surface area contributed by atoms with Crippen LogP contribution in [0.25, 0.3) is 0 Å². The highest BCUT2D eigenvalue weighted by Gasteiger charge is 2.48. The molecule has 1 fully saturated rings. The number of hydrogen-bond acceptors (Lipinski definition) is 4. The van der Waals surface area contributed by atoms with Crippen molar-refractivity contribution in [2.24, 2.45) is 11.3 Å². The van der Waals surface area contributed by atoms with Gasteiger partial charge in [-0.1, -0.05) is 13.8 Å². The number of carboxylic acids is 1. The number of alkyl halides is 3. The van der Waals surface area contributed by atoms with Gasteiger partial charge in [0.25, 0.3) is 0 Å². The van der Waals surface area contributed by atoms with Crippen molar-refractivity contribution in [2.45, 2.75) is 26.4 Å². The fourth-order valence-electron chi connectivity index (χ4n) is 2.56. The number of nitrogens with zero attached hydrogens (tertiary/aromatic N) is 3. The normalized spacial score (nSPS) is 22.9. The van der Waals surface area contributed by atoms with Gasteiger partial charge in [-0.05, 0) is 18.4 Å². The number of carbonyl (C=O) groups is 1. The first-order valence-corrected chi connectivity index (χ1v) is 6.55. The van der Waals surface area contributed by atoms with Gasteiger partial charge in [-0.15, -0.1) is 0 Å². The second-order valence-corrected chi connectivity index (χ2v) is 5.53. The summed E-state index contributed by atoms with van der Waals surface area (Å²) < 4.78 is 38.0. The summed E-state index contributed by atoms with van der Waals surface area (Å²) in [7, 11) is 0. The average molecular weight is 303 g/mol. The maximum Gasteiger partial charge on any atom is 0.433 e. The minimum Gasteiger partial charge on any atom is -0.481 e. The molecule has 0 amide bonds. The monoisotopic (exact) mass is 303 g/mol. The summed E-state index contributed by atoms with van der Waals surface area (Å²) >= 11 is 0. The van der Waals surface area contributed by atoms with Crippen molar-refractivity contribution in [3.05, 3.63) is 18.0 Å². The summed E-state index contributed by atoms with van der Waals surface area (Å²) in [4.78, 5) is 20.4. The van der Waals surface area contributed by atoms with Gasteiger partial charge in [-0.25, -0.2) is 9.97 Å². The van der Waals surface area contributed by atoms with Crippen LogP contribution < -0.4 is 4.90 Å². The third kappa shape index (κ3) is 2.79. The van der Waals surface area contributed by atoms with Crippen LogP contribution in [0.3, 0.4) is 0 Å². The minimum absolute atomic E-state index is 0.0754. The van der Waals surface area contributed by atoms with Gasteiger partial charge in [0.2, 0.25) is 5.95 Å². The molecule has 116 valence electrons. The Kier molecular flexibility index (Phi) is 3.81. The maximum atomic E-state index is 12.7. The molecular formula is C13H16F3N3O2. The van der Waals surface area contributed by atoms with Crippen molar-refractivity contribution in [3.8, 4) is 0 Å². The van der Waals surface area contributed by atoms with Crippen molar-refractivity contribution in [2.75, 3.05) is 18.0 Å². The number of carboxylic acid groups (broad SMARTS) is 1. The lowest BCUT2D eigenvalue weighted by Crippen LogP contribution is -2.39. The highest BCUT2D eigenvalue weighted by molar-refractivity contribution is 5.77. The second kappa shape index (κ2) is 5.16. The number of halogens is 3. The standard InChI is InChI=1S/C13H16F3N3O2/c1-8(2)12(10(20)21)4-6-19(7-12)11-17-5-3-9(18-11)13(14,15)16/h3,5,8H,4,6-7H2,1-2H3,(H,20,21). The molecule has 1 aromatic rings. The average Bonchev–Trinajstić information content (AvgIpc) is 2.84.